The van der Waals surface area contributed by atoms with Crippen molar-refractivity contribution in [2.45, 2.75) is 38.4 Å². The number of rotatable bonds is 9. The molecule has 1 aliphatic heterocycles. The molecule has 0 saturated carbocycles. The summed E-state index contributed by atoms with van der Waals surface area (Å²) < 4.78 is 9.81. The number of aryl methyl sites for hydroxylation is 1. The number of piperidine rings is 1. The zero-order chi connectivity index (χ0) is 28.2. The summed E-state index contributed by atoms with van der Waals surface area (Å²) in [5.41, 5.74) is 5.44. The van der Waals surface area contributed by atoms with E-state index in [1.54, 1.807) is 4.90 Å². The van der Waals surface area contributed by atoms with Crippen LogP contribution in [0.3, 0.4) is 0 Å². The molecule has 0 spiro atoms. The van der Waals surface area contributed by atoms with E-state index in [1.165, 1.54) is 22.2 Å². The summed E-state index contributed by atoms with van der Waals surface area (Å²) in [7, 11) is 2.12. The van der Waals surface area contributed by atoms with E-state index in [2.05, 4.69) is 76.1 Å². The molecule has 1 fully saturated rings. The van der Waals surface area contributed by atoms with Gasteiger partial charge in [-0.3, -0.25) is 9.47 Å². The molecule has 1 amide bonds. The van der Waals surface area contributed by atoms with E-state index in [1.807, 2.05) is 34.9 Å². The molecule has 220 valence electrons. The van der Waals surface area contributed by atoms with Gasteiger partial charge in [0.2, 0.25) is 0 Å². The molecule has 0 aliphatic carbocycles. The second-order valence-electron chi connectivity index (χ2n) is 11.0. The summed E-state index contributed by atoms with van der Waals surface area (Å²) in [6.07, 6.45) is 1.95. The molecule has 1 aliphatic rings. The molecule has 2 aromatic heterocycles. The highest BCUT2D eigenvalue weighted by molar-refractivity contribution is 5.85. The third-order valence-corrected chi connectivity index (χ3v) is 8.24. The number of hydrogen-bond donors (Lipinski definition) is 1. The summed E-state index contributed by atoms with van der Waals surface area (Å²) in [5, 5.41) is 1.25. The van der Waals surface area contributed by atoms with E-state index in [0.29, 0.717) is 19.7 Å². The molecular formula is C33H38ClN5O3. The van der Waals surface area contributed by atoms with Crippen LogP contribution in [0.2, 0.25) is 0 Å². The molecule has 0 atom stereocenters. The van der Waals surface area contributed by atoms with Gasteiger partial charge in [-0.1, -0.05) is 60.7 Å². The molecule has 42 heavy (non-hydrogen) atoms. The first kappa shape index (κ1) is 29.5. The van der Waals surface area contributed by atoms with Crippen molar-refractivity contribution in [1.29, 1.82) is 0 Å². The highest BCUT2D eigenvalue weighted by Crippen LogP contribution is 2.25. The number of aromatic amines is 1. The molecule has 3 heterocycles. The fourth-order valence-corrected chi connectivity index (χ4v) is 6.06. The number of H-pyrrole nitrogens is 1. The second kappa shape index (κ2) is 13.3. The molecule has 6 rings (SSSR count). The average Bonchev–Trinajstić information content (AvgIpc) is 3.51. The number of aromatic nitrogens is 3. The first-order valence-electron chi connectivity index (χ1n) is 14.5. The predicted octanol–water partition coefficient (Wildman–Crippen LogP) is 6.11. The molecule has 5 aromatic rings. The van der Waals surface area contributed by atoms with Gasteiger partial charge >= 0.3 is 11.8 Å². The molecule has 8 nitrogen and oxygen atoms in total. The summed E-state index contributed by atoms with van der Waals surface area (Å²) in [6, 6.07) is 29.1. The number of halogens is 1. The zero-order valence-corrected chi connectivity index (χ0v) is 24.8. The number of amides is 1. The molecular weight excluding hydrogens is 550 g/mol. The van der Waals surface area contributed by atoms with Crippen LogP contribution in [0.25, 0.3) is 21.9 Å². The zero-order valence-electron chi connectivity index (χ0n) is 23.9. The number of ether oxygens (including phenoxy) is 1. The van der Waals surface area contributed by atoms with E-state index in [4.69, 9.17) is 4.74 Å². The van der Waals surface area contributed by atoms with Gasteiger partial charge in [-0.25, -0.2) is 9.59 Å². The second-order valence-corrected chi connectivity index (χ2v) is 11.0. The number of hydrogen-bond acceptors (Lipinski definition) is 4. The molecule has 0 bridgehead atoms. The maximum absolute atomic E-state index is 12.9. The lowest BCUT2D eigenvalue weighted by molar-refractivity contribution is 0.0840. The Hall–Kier alpha value is -4.01. The summed E-state index contributed by atoms with van der Waals surface area (Å²) in [5.74, 6) is 0. The van der Waals surface area contributed by atoms with Gasteiger partial charge in [-0.2, -0.15) is 0 Å². The minimum atomic E-state index is -0.266. The van der Waals surface area contributed by atoms with Gasteiger partial charge < -0.3 is 19.2 Å². The van der Waals surface area contributed by atoms with E-state index >= 15 is 0 Å². The average molecular weight is 588 g/mol. The van der Waals surface area contributed by atoms with E-state index < -0.39 is 0 Å². The Balaban J connectivity index is 0.00000353. The van der Waals surface area contributed by atoms with E-state index in [0.717, 1.165) is 49.9 Å². The third kappa shape index (κ3) is 6.40. The highest BCUT2D eigenvalue weighted by Gasteiger charge is 2.26. The van der Waals surface area contributed by atoms with Crippen LogP contribution in [0.4, 0.5) is 4.79 Å². The van der Waals surface area contributed by atoms with Gasteiger partial charge in [0.1, 0.15) is 0 Å². The van der Waals surface area contributed by atoms with Crippen LogP contribution in [-0.2, 0) is 24.9 Å². The maximum atomic E-state index is 12.9. The Labute approximate surface area is 251 Å². The summed E-state index contributed by atoms with van der Waals surface area (Å²) >= 11 is 0. The van der Waals surface area contributed by atoms with Gasteiger partial charge in [0.15, 0.2) is 0 Å². The number of benzene rings is 3. The van der Waals surface area contributed by atoms with Crippen molar-refractivity contribution in [3.05, 3.63) is 107 Å². The number of fused-ring (bicyclic) bond motifs is 2. The van der Waals surface area contributed by atoms with Crippen molar-refractivity contribution >= 4 is 40.4 Å². The molecule has 9 heteroatoms. The fourth-order valence-electron chi connectivity index (χ4n) is 6.06. The van der Waals surface area contributed by atoms with E-state index in [9.17, 15) is 9.59 Å². The maximum Gasteiger partial charge on any atom is 0.409 e. The Morgan fingerprint density at radius 2 is 1.62 bits per heavy atom. The van der Waals surface area contributed by atoms with Crippen LogP contribution in [0.15, 0.2) is 89.7 Å². The van der Waals surface area contributed by atoms with Crippen molar-refractivity contribution in [1.82, 2.24) is 23.9 Å². The summed E-state index contributed by atoms with van der Waals surface area (Å²) in [4.78, 5) is 32.6. The SMILES string of the molecule is Cl.Cn1c(CN(CCCOC(=O)N2CCC(n3c(=O)[nH]c4ccccc43)CC2)Cc2ccccc2)cc2ccccc21. The van der Waals surface area contributed by atoms with Crippen LogP contribution in [0, 0.1) is 0 Å². The lowest BCUT2D eigenvalue weighted by Crippen LogP contribution is -2.41. The topological polar surface area (TPSA) is 75.5 Å². The van der Waals surface area contributed by atoms with Crippen LogP contribution in [-0.4, -0.2) is 56.3 Å². The predicted molar refractivity (Wildman–Crippen MR) is 169 cm³/mol. The molecule has 0 radical (unpaired) electrons. The number of nitrogens with one attached hydrogen (secondary N) is 1. The standard InChI is InChI=1S/C33H37N5O3.ClH/c1-35-28(22-26-12-5-7-14-30(26)35)24-36(23-25-10-3-2-4-11-25)18-9-21-41-33(40)37-19-16-27(17-20-37)38-31-15-8-6-13-29(31)34-32(38)39;/h2-8,10-15,22,27H,9,16-21,23-24H2,1H3,(H,34,39);1H. The van der Waals surface area contributed by atoms with Crippen LogP contribution in [0.5, 0.6) is 0 Å². The lowest BCUT2D eigenvalue weighted by Gasteiger charge is -2.32. The lowest BCUT2D eigenvalue weighted by atomic mass is 10.0. The minimum Gasteiger partial charge on any atom is -0.449 e. The third-order valence-electron chi connectivity index (χ3n) is 8.24. The Kier molecular flexibility index (Phi) is 9.35. The minimum absolute atomic E-state index is 0. The number of carbonyl (C=O) groups excluding carboxylic acids is 1. The van der Waals surface area contributed by atoms with Crippen LogP contribution in [0.1, 0.15) is 36.6 Å². The number of carbonyl (C=O) groups is 1. The highest BCUT2D eigenvalue weighted by atomic mass is 35.5. The van der Waals surface area contributed by atoms with E-state index in [-0.39, 0.29) is 30.2 Å². The normalized spacial score (nSPS) is 14.0. The van der Waals surface area contributed by atoms with Gasteiger partial charge in [0.05, 0.1) is 17.6 Å². The Morgan fingerprint density at radius 3 is 2.38 bits per heavy atom. The van der Waals surface area contributed by atoms with Crippen molar-refractivity contribution in [3.63, 3.8) is 0 Å². The van der Waals surface area contributed by atoms with Gasteiger partial charge in [-0.15, -0.1) is 12.4 Å². The first-order chi connectivity index (χ1) is 20.1. The number of para-hydroxylation sites is 3. The molecule has 0 unspecified atom stereocenters. The van der Waals surface area contributed by atoms with Crippen molar-refractivity contribution in [3.8, 4) is 0 Å². The van der Waals surface area contributed by atoms with Crippen molar-refractivity contribution < 1.29 is 9.53 Å². The van der Waals surface area contributed by atoms with Crippen LogP contribution < -0.4 is 5.69 Å². The Morgan fingerprint density at radius 1 is 0.929 bits per heavy atom. The van der Waals surface area contributed by atoms with Gasteiger partial charge in [0.25, 0.3) is 0 Å². The van der Waals surface area contributed by atoms with Gasteiger partial charge in [-0.05, 0) is 54.5 Å². The number of likely N-dealkylation sites (tertiary alicyclic amines) is 1. The van der Waals surface area contributed by atoms with Crippen LogP contribution >= 0.6 is 12.4 Å². The molecule has 3 aromatic carbocycles. The quantitative estimate of drug-likeness (QED) is 0.211. The van der Waals surface area contributed by atoms with Crippen molar-refractivity contribution in [2.24, 2.45) is 7.05 Å². The largest absolute Gasteiger partial charge is 0.449 e. The number of nitrogens with zero attached hydrogens (tertiary/aromatic N) is 4. The smallest absolute Gasteiger partial charge is 0.409 e. The fraction of sp³-hybridized carbons (Fsp3) is 0.333. The van der Waals surface area contributed by atoms with Crippen molar-refractivity contribution in [2.75, 3.05) is 26.2 Å². The first-order valence-corrected chi connectivity index (χ1v) is 14.5. The summed E-state index contributed by atoms with van der Waals surface area (Å²) in [6.45, 7) is 4.00. The monoisotopic (exact) mass is 587 g/mol. The Bertz CT molecular complexity index is 1680. The van der Waals surface area contributed by atoms with Gasteiger partial charge in [0, 0.05) is 57.0 Å². The number of imidazole rings is 1. The molecule has 1 saturated heterocycles. The molecule has 1 N–H and O–H groups in total.